The summed E-state index contributed by atoms with van der Waals surface area (Å²) in [5, 5.41) is 10.7. The van der Waals surface area contributed by atoms with Gasteiger partial charge in [-0.05, 0) is 24.8 Å². The van der Waals surface area contributed by atoms with Crippen molar-refractivity contribution in [2.75, 3.05) is 6.54 Å². The minimum absolute atomic E-state index is 0.577. The van der Waals surface area contributed by atoms with Gasteiger partial charge in [-0.3, -0.25) is 0 Å². The lowest BCUT2D eigenvalue weighted by atomic mass is 10.1. The predicted molar refractivity (Wildman–Crippen MR) is 69.3 cm³/mol. The van der Waals surface area contributed by atoms with Gasteiger partial charge in [0, 0.05) is 6.54 Å². The van der Waals surface area contributed by atoms with E-state index in [1.54, 1.807) is 0 Å². The fourth-order valence-electron chi connectivity index (χ4n) is 1.82. The molecule has 0 bridgehead atoms. The Morgan fingerprint density at radius 1 is 1.00 bits per heavy atom. The van der Waals surface area contributed by atoms with Gasteiger partial charge in [0.2, 0.25) is 0 Å². The molecule has 0 heterocycles. The summed E-state index contributed by atoms with van der Waals surface area (Å²) in [5.41, 5.74) is 1.40. The Labute approximate surface area is 103 Å². The summed E-state index contributed by atoms with van der Waals surface area (Å²) in [6, 6.07) is 10.5. The number of aryl methyl sites for hydroxylation is 1. The van der Waals surface area contributed by atoms with E-state index in [2.05, 4.69) is 29.6 Å². The van der Waals surface area contributed by atoms with Crippen molar-refractivity contribution in [1.82, 2.24) is 5.32 Å². The zero-order valence-corrected chi connectivity index (χ0v) is 10.2. The Morgan fingerprint density at radius 2 is 1.65 bits per heavy atom. The number of amides is 1. The fraction of sp³-hybridized carbons (Fsp3) is 0.500. The molecule has 0 fully saturated rings. The Morgan fingerprint density at radius 3 is 2.35 bits per heavy atom. The van der Waals surface area contributed by atoms with Gasteiger partial charge in [-0.2, -0.15) is 0 Å². The van der Waals surface area contributed by atoms with Crippen molar-refractivity contribution in [3.8, 4) is 0 Å². The molecule has 0 aliphatic rings. The smallest absolute Gasteiger partial charge is 0.404 e. The Bertz CT molecular complexity index is 311. The van der Waals surface area contributed by atoms with Gasteiger partial charge in [-0.25, -0.2) is 4.79 Å². The third kappa shape index (κ3) is 7.39. The van der Waals surface area contributed by atoms with E-state index in [-0.39, 0.29) is 0 Å². The largest absolute Gasteiger partial charge is 0.465 e. The summed E-state index contributed by atoms with van der Waals surface area (Å²) < 4.78 is 0. The number of carboxylic acid groups (broad SMARTS) is 1. The number of hydrogen-bond acceptors (Lipinski definition) is 1. The molecular weight excluding hydrogens is 214 g/mol. The number of hydrogen-bond donors (Lipinski definition) is 2. The van der Waals surface area contributed by atoms with Crippen LogP contribution in [0.15, 0.2) is 30.3 Å². The standard InChI is InChI=1S/C14H21NO2/c16-14(17)15-12-8-3-1-2-5-9-13-10-6-4-7-11-13/h4,6-7,10-11,15H,1-3,5,8-9,12H2,(H,16,17). The van der Waals surface area contributed by atoms with Crippen LogP contribution in [0.4, 0.5) is 4.79 Å². The lowest BCUT2D eigenvalue weighted by Crippen LogP contribution is -2.21. The predicted octanol–water partition coefficient (Wildman–Crippen LogP) is 3.45. The number of nitrogens with one attached hydrogen (secondary N) is 1. The van der Waals surface area contributed by atoms with Crippen LogP contribution in [-0.2, 0) is 6.42 Å². The molecule has 0 saturated carbocycles. The highest BCUT2D eigenvalue weighted by molar-refractivity contribution is 5.64. The van der Waals surface area contributed by atoms with Crippen LogP contribution in [0.5, 0.6) is 0 Å². The van der Waals surface area contributed by atoms with Crippen molar-refractivity contribution >= 4 is 6.09 Å². The highest BCUT2D eigenvalue weighted by atomic mass is 16.4. The summed E-state index contributed by atoms with van der Waals surface area (Å²) in [6.45, 7) is 0.577. The first-order valence-electron chi connectivity index (χ1n) is 6.30. The van der Waals surface area contributed by atoms with Crippen molar-refractivity contribution in [1.29, 1.82) is 0 Å². The third-order valence-corrected chi connectivity index (χ3v) is 2.76. The second-order valence-electron chi connectivity index (χ2n) is 4.24. The maximum Gasteiger partial charge on any atom is 0.404 e. The molecule has 1 rings (SSSR count). The van der Waals surface area contributed by atoms with Gasteiger partial charge in [-0.1, -0.05) is 49.6 Å². The molecule has 1 aromatic carbocycles. The summed E-state index contributed by atoms with van der Waals surface area (Å²) in [4.78, 5) is 10.2. The Balaban J connectivity index is 1.90. The monoisotopic (exact) mass is 235 g/mol. The Hall–Kier alpha value is -1.51. The molecule has 3 heteroatoms. The first-order chi connectivity index (χ1) is 8.29. The van der Waals surface area contributed by atoms with Gasteiger partial charge >= 0.3 is 6.09 Å². The first kappa shape index (κ1) is 13.6. The molecule has 0 aliphatic heterocycles. The second-order valence-corrected chi connectivity index (χ2v) is 4.24. The number of benzene rings is 1. The maximum atomic E-state index is 10.2. The van der Waals surface area contributed by atoms with E-state index in [9.17, 15) is 4.79 Å². The molecule has 0 aromatic heterocycles. The minimum atomic E-state index is -0.922. The molecule has 94 valence electrons. The number of carbonyl (C=O) groups is 1. The number of unbranched alkanes of at least 4 members (excludes halogenated alkanes) is 4. The lowest BCUT2D eigenvalue weighted by Gasteiger charge is -2.02. The van der Waals surface area contributed by atoms with Gasteiger partial charge in [0.25, 0.3) is 0 Å². The average Bonchev–Trinajstić information content (AvgIpc) is 2.33. The highest BCUT2D eigenvalue weighted by Gasteiger charge is 1.95. The van der Waals surface area contributed by atoms with E-state index in [0.717, 1.165) is 19.3 Å². The Kier molecular flexibility index (Phi) is 6.87. The van der Waals surface area contributed by atoms with E-state index in [1.807, 2.05) is 6.07 Å². The summed E-state index contributed by atoms with van der Waals surface area (Å²) >= 11 is 0. The molecule has 0 atom stereocenters. The van der Waals surface area contributed by atoms with Crippen molar-refractivity contribution in [2.45, 2.75) is 38.5 Å². The maximum absolute atomic E-state index is 10.2. The molecule has 0 spiro atoms. The second kappa shape index (κ2) is 8.62. The molecular formula is C14H21NO2. The average molecular weight is 235 g/mol. The van der Waals surface area contributed by atoms with Crippen LogP contribution in [0, 0.1) is 0 Å². The molecule has 17 heavy (non-hydrogen) atoms. The van der Waals surface area contributed by atoms with Crippen LogP contribution in [0.25, 0.3) is 0 Å². The van der Waals surface area contributed by atoms with Crippen LogP contribution in [-0.4, -0.2) is 17.7 Å². The SMILES string of the molecule is O=C(O)NCCCCCCCc1ccccc1. The van der Waals surface area contributed by atoms with E-state index in [1.165, 1.54) is 24.8 Å². The highest BCUT2D eigenvalue weighted by Crippen LogP contribution is 2.08. The van der Waals surface area contributed by atoms with Gasteiger partial charge in [0.15, 0.2) is 0 Å². The molecule has 0 saturated heterocycles. The first-order valence-corrected chi connectivity index (χ1v) is 6.30. The molecule has 0 radical (unpaired) electrons. The minimum Gasteiger partial charge on any atom is -0.465 e. The van der Waals surface area contributed by atoms with Crippen LogP contribution < -0.4 is 5.32 Å². The lowest BCUT2D eigenvalue weighted by molar-refractivity contribution is 0.194. The van der Waals surface area contributed by atoms with Crippen LogP contribution in [0.1, 0.15) is 37.7 Å². The fourth-order valence-corrected chi connectivity index (χ4v) is 1.82. The zero-order chi connectivity index (χ0) is 12.3. The van der Waals surface area contributed by atoms with E-state index in [0.29, 0.717) is 6.54 Å². The van der Waals surface area contributed by atoms with Crippen LogP contribution in [0.2, 0.25) is 0 Å². The van der Waals surface area contributed by atoms with Gasteiger partial charge in [0.1, 0.15) is 0 Å². The van der Waals surface area contributed by atoms with Crippen molar-refractivity contribution < 1.29 is 9.90 Å². The summed E-state index contributed by atoms with van der Waals surface area (Å²) in [5.74, 6) is 0. The molecule has 1 aromatic rings. The summed E-state index contributed by atoms with van der Waals surface area (Å²) in [6.07, 6.45) is 5.90. The van der Waals surface area contributed by atoms with Gasteiger partial charge in [-0.15, -0.1) is 0 Å². The quantitative estimate of drug-likeness (QED) is 0.678. The molecule has 1 amide bonds. The normalized spacial score (nSPS) is 10.1. The van der Waals surface area contributed by atoms with Crippen molar-refractivity contribution in [3.63, 3.8) is 0 Å². The van der Waals surface area contributed by atoms with E-state index >= 15 is 0 Å². The van der Waals surface area contributed by atoms with Crippen molar-refractivity contribution in [2.24, 2.45) is 0 Å². The topological polar surface area (TPSA) is 49.3 Å². The van der Waals surface area contributed by atoms with Gasteiger partial charge < -0.3 is 10.4 Å². The van der Waals surface area contributed by atoms with E-state index < -0.39 is 6.09 Å². The molecule has 0 unspecified atom stereocenters. The molecule has 3 nitrogen and oxygen atoms in total. The molecule has 2 N–H and O–H groups in total. The van der Waals surface area contributed by atoms with Gasteiger partial charge in [0.05, 0.1) is 0 Å². The van der Waals surface area contributed by atoms with Crippen LogP contribution in [0.3, 0.4) is 0 Å². The van der Waals surface area contributed by atoms with Crippen LogP contribution >= 0.6 is 0 Å². The third-order valence-electron chi connectivity index (χ3n) is 2.76. The zero-order valence-electron chi connectivity index (χ0n) is 10.2. The number of rotatable bonds is 8. The molecule has 0 aliphatic carbocycles. The summed E-state index contributed by atoms with van der Waals surface area (Å²) in [7, 11) is 0. The van der Waals surface area contributed by atoms with Crippen molar-refractivity contribution in [3.05, 3.63) is 35.9 Å². The van der Waals surface area contributed by atoms with E-state index in [4.69, 9.17) is 5.11 Å².